The van der Waals surface area contributed by atoms with Crippen LogP contribution in [0.3, 0.4) is 0 Å². The summed E-state index contributed by atoms with van der Waals surface area (Å²) in [4.78, 5) is 5.77. The van der Waals surface area contributed by atoms with Crippen molar-refractivity contribution < 1.29 is 14.0 Å². The number of thioether (sulfide) groups is 2. The van der Waals surface area contributed by atoms with Crippen molar-refractivity contribution in [2.75, 3.05) is 52.6 Å². The summed E-state index contributed by atoms with van der Waals surface area (Å²) in [6.07, 6.45) is 3.49. The van der Waals surface area contributed by atoms with E-state index in [9.17, 15) is 0 Å². The predicted molar refractivity (Wildman–Crippen MR) is 191 cm³/mol. The molecule has 0 unspecified atom stereocenters. The Hall–Kier alpha value is -3.91. The molecule has 230 valence electrons. The Balaban J connectivity index is 1.39. The molecule has 1 aromatic heterocycles. The Kier molecular flexibility index (Phi) is 9.69. The third kappa shape index (κ3) is 6.71. The second-order valence-electron chi connectivity index (χ2n) is 11.4. The molecule has 1 aliphatic heterocycles. The molecular formula is C38H40N3O2S2+. The van der Waals surface area contributed by atoms with E-state index in [1.165, 1.54) is 42.7 Å². The van der Waals surface area contributed by atoms with Crippen molar-refractivity contribution in [1.82, 2.24) is 4.90 Å². The maximum atomic E-state index is 5.71. The van der Waals surface area contributed by atoms with Gasteiger partial charge >= 0.3 is 0 Å². The SMILES string of the molecule is COc1cccc(OC)c1-c1ccc2c(c1)SC(=Cc1cc(SCCCN(C)C)[n+](Cc3ccccc3)c3ccccc13)N2C. The van der Waals surface area contributed by atoms with E-state index in [-0.39, 0.29) is 0 Å². The van der Waals surface area contributed by atoms with Crippen LogP contribution in [0.5, 0.6) is 11.5 Å². The van der Waals surface area contributed by atoms with Crippen LogP contribution in [-0.4, -0.2) is 52.6 Å². The highest BCUT2D eigenvalue weighted by Crippen LogP contribution is 2.49. The van der Waals surface area contributed by atoms with Crippen molar-refractivity contribution in [2.24, 2.45) is 0 Å². The Morgan fingerprint density at radius 1 is 0.867 bits per heavy atom. The lowest BCUT2D eigenvalue weighted by Gasteiger charge is -2.16. The first-order valence-electron chi connectivity index (χ1n) is 15.2. The summed E-state index contributed by atoms with van der Waals surface area (Å²) in [6, 6.07) is 34.5. The van der Waals surface area contributed by atoms with Crippen LogP contribution in [0.15, 0.2) is 112 Å². The number of rotatable bonds is 11. The Morgan fingerprint density at radius 2 is 1.60 bits per heavy atom. The number of hydrogen-bond acceptors (Lipinski definition) is 6. The first kappa shape index (κ1) is 31.1. The number of nitrogens with zero attached hydrogens (tertiary/aromatic N) is 3. The van der Waals surface area contributed by atoms with Gasteiger partial charge in [-0.2, -0.15) is 4.57 Å². The number of para-hydroxylation sites is 1. The molecule has 0 saturated heterocycles. The van der Waals surface area contributed by atoms with Crippen molar-refractivity contribution in [3.05, 3.63) is 113 Å². The summed E-state index contributed by atoms with van der Waals surface area (Å²) < 4.78 is 13.9. The van der Waals surface area contributed by atoms with Crippen LogP contribution in [0, 0.1) is 0 Å². The summed E-state index contributed by atoms with van der Waals surface area (Å²) >= 11 is 3.76. The minimum atomic E-state index is 0.802. The highest BCUT2D eigenvalue weighted by Gasteiger charge is 2.26. The number of fused-ring (bicyclic) bond motifs is 2. The zero-order chi connectivity index (χ0) is 31.3. The van der Waals surface area contributed by atoms with Gasteiger partial charge in [-0.1, -0.05) is 78.1 Å². The molecule has 2 heterocycles. The van der Waals surface area contributed by atoms with Gasteiger partial charge in [0.1, 0.15) is 11.5 Å². The van der Waals surface area contributed by atoms with Crippen LogP contribution >= 0.6 is 23.5 Å². The van der Waals surface area contributed by atoms with E-state index < -0.39 is 0 Å². The third-order valence-corrected chi connectivity index (χ3v) is 10.4. The summed E-state index contributed by atoms with van der Waals surface area (Å²) in [6.45, 7) is 1.92. The van der Waals surface area contributed by atoms with Gasteiger partial charge in [-0.3, -0.25) is 0 Å². The zero-order valence-electron chi connectivity index (χ0n) is 26.6. The van der Waals surface area contributed by atoms with Gasteiger partial charge in [-0.15, -0.1) is 0 Å². The Bertz CT molecular complexity index is 1820. The predicted octanol–water partition coefficient (Wildman–Crippen LogP) is 8.44. The van der Waals surface area contributed by atoms with E-state index >= 15 is 0 Å². The lowest BCUT2D eigenvalue weighted by atomic mass is 10.0. The molecule has 45 heavy (non-hydrogen) atoms. The monoisotopic (exact) mass is 634 g/mol. The van der Waals surface area contributed by atoms with E-state index in [0.29, 0.717) is 0 Å². The van der Waals surface area contributed by atoms with E-state index in [2.05, 4.69) is 120 Å². The number of ether oxygens (including phenoxy) is 2. The first-order chi connectivity index (χ1) is 22.0. The highest BCUT2D eigenvalue weighted by molar-refractivity contribution is 8.04. The molecule has 7 heteroatoms. The van der Waals surface area contributed by atoms with Gasteiger partial charge in [0.25, 0.3) is 0 Å². The number of pyridine rings is 1. The molecule has 0 fully saturated rings. The van der Waals surface area contributed by atoms with Crippen LogP contribution in [0.4, 0.5) is 5.69 Å². The van der Waals surface area contributed by atoms with Gasteiger partial charge in [0.15, 0.2) is 6.54 Å². The summed E-state index contributed by atoms with van der Waals surface area (Å²) in [5.74, 6) is 2.67. The van der Waals surface area contributed by atoms with Crippen LogP contribution in [0.25, 0.3) is 28.1 Å². The van der Waals surface area contributed by atoms with Crippen LogP contribution in [0.2, 0.25) is 0 Å². The largest absolute Gasteiger partial charge is 0.496 e. The molecule has 6 rings (SSSR count). The fourth-order valence-electron chi connectivity index (χ4n) is 5.81. The zero-order valence-corrected chi connectivity index (χ0v) is 28.3. The molecule has 0 N–H and O–H groups in total. The molecule has 1 aliphatic rings. The Morgan fingerprint density at radius 3 is 2.33 bits per heavy atom. The topological polar surface area (TPSA) is 28.8 Å². The lowest BCUT2D eigenvalue weighted by molar-refractivity contribution is -0.699. The fourth-order valence-corrected chi connectivity index (χ4v) is 7.96. The number of aromatic nitrogens is 1. The highest BCUT2D eigenvalue weighted by atomic mass is 32.2. The molecule has 0 radical (unpaired) electrons. The minimum absolute atomic E-state index is 0.802. The van der Waals surface area contributed by atoms with Gasteiger partial charge < -0.3 is 19.3 Å². The summed E-state index contributed by atoms with van der Waals surface area (Å²) in [5.41, 5.74) is 7.03. The van der Waals surface area contributed by atoms with Crippen LogP contribution in [-0.2, 0) is 6.54 Å². The average Bonchev–Trinajstić information content (AvgIpc) is 3.38. The van der Waals surface area contributed by atoms with Gasteiger partial charge in [-0.25, -0.2) is 0 Å². The summed E-state index contributed by atoms with van der Waals surface area (Å²) in [5, 5.41) is 3.74. The summed E-state index contributed by atoms with van der Waals surface area (Å²) in [7, 11) is 9.86. The number of anilines is 1. The van der Waals surface area contributed by atoms with Gasteiger partial charge in [0.2, 0.25) is 10.5 Å². The van der Waals surface area contributed by atoms with E-state index in [1.807, 2.05) is 41.7 Å². The second kappa shape index (κ2) is 14.0. The molecule has 0 atom stereocenters. The number of benzene rings is 4. The normalized spacial score (nSPS) is 13.6. The van der Waals surface area contributed by atoms with E-state index in [0.717, 1.165) is 47.9 Å². The van der Waals surface area contributed by atoms with Crippen molar-refractivity contribution in [3.63, 3.8) is 0 Å². The van der Waals surface area contributed by atoms with Crippen LogP contribution in [0.1, 0.15) is 17.5 Å². The van der Waals surface area contributed by atoms with Crippen molar-refractivity contribution in [3.8, 4) is 22.6 Å². The molecule has 0 spiro atoms. The van der Waals surface area contributed by atoms with Crippen molar-refractivity contribution >= 4 is 46.2 Å². The van der Waals surface area contributed by atoms with Gasteiger partial charge in [0, 0.05) is 35.4 Å². The Labute approximate surface area is 275 Å². The minimum Gasteiger partial charge on any atom is -0.496 e. The average molecular weight is 635 g/mol. The molecule has 4 aromatic carbocycles. The first-order valence-corrected chi connectivity index (χ1v) is 17.0. The molecule has 5 nitrogen and oxygen atoms in total. The smallest absolute Gasteiger partial charge is 0.241 e. The number of hydrogen-bond donors (Lipinski definition) is 0. The van der Waals surface area contributed by atoms with Crippen molar-refractivity contribution in [1.29, 1.82) is 0 Å². The fraction of sp³-hybridized carbons (Fsp3) is 0.237. The third-order valence-electron chi connectivity index (χ3n) is 8.10. The maximum absolute atomic E-state index is 5.71. The maximum Gasteiger partial charge on any atom is 0.241 e. The second-order valence-corrected chi connectivity index (χ2v) is 13.6. The molecule has 5 aromatic rings. The van der Waals surface area contributed by atoms with E-state index in [1.54, 1.807) is 14.2 Å². The van der Waals surface area contributed by atoms with Crippen LogP contribution < -0.4 is 18.9 Å². The standard InChI is InChI=1S/C38H40N3O2S2/c1-39(2)21-12-22-44-37-25-29(30-15-9-10-16-31(30)41(37)26-27-13-7-6-8-14-27)24-36-40(3)32-20-19-28(23-35(32)45-36)38-33(42-4)17-11-18-34(38)43-5/h6-11,13-20,23-25H,12,21-22,26H2,1-5H3/q+1. The molecule has 0 saturated carbocycles. The van der Waals surface area contributed by atoms with E-state index in [4.69, 9.17) is 9.47 Å². The lowest BCUT2D eigenvalue weighted by Crippen LogP contribution is -2.38. The molecule has 0 bridgehead atoms. The van der Waals surface area contributed by atoms with Crippen molar-refractivity contribution in [2.45, 2.75) is 22.9 Å². The number of methoxy groups -OCH3 is 2. The molecular weight excluding hydrogens is 595 g/mol. The quantitative estimate of drug-likeness (QED) is 0.0823. The molecule has 0 aliphatic carbocycles. The van der Waals surface area contributed by atoms with Gasteiger partial charge in [-0.05, 0) is 74.6 Å². The molecule has 0 amide bonds. The van der Waals surface area contributed by atoms with Gasteiger partial charge in [0.05, 0.1) is 35.9 Å².